The van der Waals surface area contributed by atoms with Crippen molar-refractivity contribution in [2.45, 2.75) is 26.9 Å². The van der Waals surface area contributed by atoms with Crippen molar-refractivity contribution in [3.05, 3.63) is 58.9 Å². The van der Waals surface area contributed by atoms with Gasteiger partial charge in [0.15, 0.2) is 0 Å². The lowest BCUT2D eigenvalue weighted by molar-refractivity contribution is 0.753. The topological polar surface area (TPSA) is 17.0 Å². The Balaban J connectivity index is 2.16. The second kappa shape index (κ2) is 5.19. The number of hydrogen-bond acceptors (Lipinski definition) is 1. The summed E-state index contributed by atoms with van der Waals surface area (Å²) in [6.45, 7) is 6.19. The van der Waals surface area contributed by atoms with E-state index >= 15 is 0 Å². The highest BCUT2D eigenvalue weighted by Crippen LogP contribution is 2.13. The summed E-state index contributed by atoms with van der Waals surface area (Å²) in [7, 11) is 1.98. The van der Waals surface area contributed by atoms with Gasteiger partial charge in [-0.25, -0.2) is 0 Å². The molecule has 2 nitrogen and oxygen atoms in total. The molecule has 0 atom stereocenters. The highest BCUT2D eigenvalue weighted by molar-refractivity contribution is 5.25. The molecule has 2 heteroatoms. The minimum atomic E-state index is 0.937. The fraction of sp³-hybridized carbons (Fsp3) is 0.333. The molecule has 1 aromatic heterocycles. The highest BCUT2D eigenvalue weighted by Gasteiger charge is 2.04. The van der Waals surface area contributed by atoms with Crippen molar-refractivity contribution >= 4 is 0 Å². The molecule has 1 aromatic carbocycles. The van der Waals surface area contributed by atoms with E-state index < -0.39 is 0 Å². The zero-order valence-corrected chi connectivity index (χ0v) is 10.8. The van der Waals surface area contributed by atoms with Crippen LogP contribution in [0.25, 0.3) is 0 Å². The van der Waals surface area contributed by atoms with Gasteiger partial charge in [-0.1, -0.05) is 29.8 Å². The molecule has 0 aliphatic carbocycles. The predicted molar refractivity (Wildman–Crippen MR) is 72.2 cm³/mol. The van der Waals surface area contributed by atoms with Crippen LogP contribution < -0.4 is 5.32 Å². The van der Waals surface area contributed by atoms with Crippen LogP contribution in [0.5, 0.6) is 0 Å². The maximum Gasteiger partial charge on any atom is 0.0472 e. The summed E-state index contributed by atoms with van der Waals surface area (Å²) in [5, 5.41) is 3.20. The smallest absolute Gasteiger partial charge is 0.0472 e. The van der Waals surface area contributed by atoms with Gasteiger partial charge in [-0.05, 0) is 38.1 Å². The summed E-state index contributed by atoms with van der Waals surface area (Å²) in [6.07, 6.45) is 2.17. The van der Waals surface area contributed by atoms with Gasteiger partial charge in [0, 0.05) is 25.0 Å². The third-order valence-corrected chi connectivity index (χ3v) is 3.19. The van der Waals surface area contributed by atoms with Crippen LogP contribution in [0.1, 0.15) is 22.4 Å². The van der Waals surface area contributed by atoms with Gasteiger partial charge in [-0.3, -0.25) is 0 Å². The van der Waals surface area contributed by atoms with E-state index in [9.17, 15) is 0 Å². The molecule has 0 fully saturated rings. The molecule has 17 heavy (non-hydrogen) atoms. The van der Waals surface area contributed by atoms with Gasteiger partial charge in [0.25, 0.3) is 0 Å². The van der Waals surface area contributed by atoms with Crippen LogP contribution in [0.4, 0.5) is 0 Å². The molecule has 0 bridgehead atoms. The molecule has 0 saturated heterocycles. The van der Waals surface area contributed by atoms with Gasteiger partial charge in [-0.15, -0.1) is 0 Å². The Morgan fingerprint density at radius 2 is 1.76 bits per heavy atom. The first-order chi connectivity index (χ1) is 8.20. The first kappa shape index (κ1) is 11.9. The Bertz CT molecular complexity index is 480. The lowest BCUT2D eigenvalue weighted by atomic mass is 10.1. The summed E-state index contributed by atoms with van der Waals surface area (Å²) in [5.74, 6) is 0. The second-order valence-electron chi connectivity index (χ2n) is 4.57. The van der Waals surface area contributed by atoms with Crippen molar-refractivity contribution in [2.75, 3.05) is 7.05 Å². The number of aryl methyl sites for hydroxylation is 1. The standard InChI is InChI=1S/C15H20N2/c1-12-4-6-14(7-5-12)11-17-9-8-15(10-16-3)13(17)2/h4-9,16H,10-11H2,1-3H3. The van der Waals surface area contributed by atoms with Crippen LogP contribution in [-0.2, 0) is 13.1 Å². The fourth-order valence-electron chi connectivity index (χ4n) is 2.04. The lowest BCUT2D eigenvalue weighted by Crippen LogP contribution is -2.07. The Kier molecular flexibility index (Phi) is 3.64. The summed E-state index contributed by atoms with van der Waals surface area (Å²) in [5.41, 5.74) is 5.39. The molecule has 90 valence electrons. The summed E-state index contributed by atoms with van der Waals surface area (Å²) < 4.78 is 2.30. The third-order valence-electron chi connectivity index (χ3n) is 3.19. The number of nitrogens with one attached hydrogen (secondary N) is 1. The summed E-state index contributed by atoms with van der Waals surface area (Å²) in [6, 6.07) is 10.9. The van der Waals surface area contributed by atoms with E-state index in [0.29, 0.717) is 0 Å². The van der Waals surface area contributed by atoms with Crippen molar-refractivity contribution in [1.29, 1.82) is 0 Å². The predicted octanol–water partition coefficient (Wildman–Crippen LogP) is 2.87. The van der Waals surface area contributed by atoms with Gasteiger partial charge in [0.05, 0.1) is 0 Å². The Labute approximate surface area is 103 Å². The van der Waals surface area contributed by atoms with Crippen molar-refractivity contribution in [1.82, 2.24) is 9.88 Å². The maximum atomic E-state index is 3.20. The van der Waals surface area contributed by atoms with Gasteiger partial charge in [-0.2, -0.15) is 0 Å². The number of benzene rings is 1. The van der Waals surface area contributed by atoms with Crippen molar-refractivity contribution in [2.24, 2.45) is 0 Å². The molecule has 0 saturated carbocycles. The van der Waals surface area contributed by atoms with E-state index in [1.165, 1.54) is 22.4 Å². The van der Waals surface area contributed by atoms with Crippen molar-refractivity contribution < 1.29 is 0 Å². The molecule has 1 heterocycles. The largest absolute Gasteiger partial charge is 0.347 e. The van der Waals surface area contributed by atoms with E-state index in [1.807, 2.05) is 7.05 Å². The maximum absolute atomic E-state index is 3.20. The second-order valence-corrected chi connectivity index (χ2v) is 4.57. The fourth-order valence-corrected chi connectivity index (χ4v) is 2.04. The minimum Gasteiger partial charge on any atom is -0.347 e. The van der Waals surface area contributed by atoms with E-state index in [-0.39, 0.29) is 0 Å². The van der Waals surface area contributed by atoms with Crippen LogP contribution in [0.15, 0.2) is 36.5 Å². The van der Waals surface area contributed by atoms with Crippen molar-refractivity contribution in [3.63, 3.8) is 0 Å². The molecule has 1 N–H and O–H groups in total. The third kappa shape index (κ3) is 2.77. The van der Waals surface area contributed by atoms with Crippen LogP contribution in [0.2, 0.25) is 0 Å². The Morgan fingerprint density at radius 1 is 1.06 bits per heavy atom. The number of hydrogen-bond donors (Lipinski definition) is 1. The molecule has 2 rings (SSSR count). The van der Waals surface area contributed by atoms with E-state index in [4.69, 9.17) is 0 Å². The Morgan fingerprint density at radius 3 is 2.41 bits per heavy atom. The number of aromatic nitrogens is 1. The molecular formula is C15H20N2. The number of nitrogens with zero attached hydrogens (tertiary/aromatic N) is 1. The quantitative estimate of drug-likeness (QED) is 0.851. The van der Waals surface area contributed by atoms with E-state index in [1.54, 1.807) is 0 Å². The average molecular weight is 228 g/mol. The lowest BCUT2D eigenvalue weighted by Gasteiger charge is -2.08. The van der Waals surface area contributed by atoms with Crippen LogP contribution in [0, 0.1) is 13.8 Å². The van der Waals surface area contributed by atoms with Crippen molar-refractivity contribution in [3.8, 4) is 0 Å². The molecule has 0 unspecified atom stereocenters. The first-order valence-corrected chi connectivity index (χ1v) is 6.05. The minimum absolute atomic E-state index is 0.937. The van der Waals surface area contributed by atoms with Gasteiger partial charge < -0.3 is 9.88 Å². The normalized spacial score (nSPS) is 10.8. The molecule has 0 aliphatic rings. The summed E-state index contributed by atoms with van der Waals surface area (Å²) in [4.78, 5) is 0. The van der Waals surface area contributed by atoms with E-state index in [0.717, 1.165) is 13.1 Å². The summed E-state index contributed by atoms with van der Waals surface area (Å²) >= 11 is 0. The average Bonchev–Trinajstić information content (AvgIpc) is 2.65. The Hall–Kier alpha value is -1.54. The zero-order valence-electron chi connectivity index (χ0n) is 10.8. The number of rotatable bonds is 4. The molecule has 0 spiro atoms. The SMILES string of the molecule is CNCc1ccn(Cc2ccc(C)cc2)c1C. The van der Waals surface area contributed by atoms with Crippen LogP contribution in [0.3, 0.4) is 0 Å². The zero-order chi connectivity index (χ0) is 12.3. The first-order valence-electron chi connectivity index (χ1n) is 6.05. The van der Waals surface area contributed by atoms with Crippen LogP contribution in [-0.4, -0.2) is 11.6 Å². The van der Waals surface area contributed by atoms with Crippen LogP contribution >= 0.6 is 0 Å². The molecule has 2 aromatic rings. The van der Waals surface area contributed by atoms with Gasteiger partial charge >= 0.3 is 0 Å². The van der Waals surface area contributed by atoms with Gasteiger partial charge in [0.2, 0.25) is 0 Å². The monoisotopic (exact) mass is 228 g/mol. The molecule has 0 radical (unpaired) electrons. The molecular weight excluding hydrogens is 208 g/mol. The molecule has 0 amide bonds. The highest BCUT2D eigenvalue weighted by atomic mass is 15.0. The molecule has 0 aliphatic heterocycles. The van der Waals surface area contributed by atoms with E-state index in [2.05, 4.69) is 60.3 Å². The van der Waals surface area contributed by atoms with Gasteiger partial charge in [0.1, 0.15) is 0 Å².